The molecule has 1 unspecified atom stereocenters. The molecular formula is C13H16Cl2N3S+. The van der Waals surface area contributed by atoms with Crippen LogP contribution in [0, 0.1) is 0 Å². The van der Waals surface area contributed by atoms with Gasteiger partial charge in [0.1, 0.15) is 0 Å². The van der Waals surface area contributed by atoms with Crippen molar-refractivity contribution in [1.29, 1.82) is 0 Å². The molecule has 0 radical (unpaired) electrons. The summed E-state index contributed by atoms with van der Waals surface area (Å²) in [6.07, 6.45) is 2.72. The Morgan fingerprint density at radius 1 is 1.32 bits per heavy atom. The third kappa shape index (κ3) is 3.57. The number of halogens is 2. The molecular weight excluding hydrogens is 301 g/mol. The molecule has 0 amide bonds. The molecule has 1 aliphatic carbocycles. The molecule has 3 nitrogen and oxygen atoms in total. The molecule has 1 aromatic carbocycles. The molecule has 1 aromatic rings. The van der Waals surface area contributed by atoms with Crippen LogP contribution in [-0.2, 0) is 5.75 Å². The first kappa shape index (κ1) is 13.6. The van der Waals surface area contributed by atoms with Gasteiger partial charge in [-0.1, -0.05) is 41.0 Å². The van der Waals surface area contributed by atoms with Crippen LogP contribution in [0.5, 0.6) is 0 Å². The van der Waals surface area contributed by atoms with Crippen molar-refractivity contribution in [3.05, 3.63) is 33.8 Å². The first-order valence-electron chi connectivity index (χ1n) is 6.42. The lowest BCUT2D eigenvalue weighted by Crippen LogP contribution is -3.15. The summed E-state index contributed by atoms with van der Waals surface area (Å²) in [4.78, 5) is 6.17. The molecule has 0 bridgehead atoms. The van der Waals surface area contributed by atoms with Crippen LogP contribution in [-0.4, -0.2) is 24.5 Å². The molecule has 2 aliphatic rings. The van der Waals surface area contributed by atoms with E-state index in [-0.39, 0.29) is 0 Å². The Kier molecular flexibility index (Phi) is 4.22. The largest absolute Gasteiger partial charge is 0.318 e. The number of thioether (sulfide) groups is 1. The van der Waals surface area contributed by atoms with Gasteiger partial charge in [-0.3, -0.25) is 4.90 Å². The van der Waals surface area contributed by atoms with Crippen LogP contribution in [0.4, 0.5) is 0 Å². The average Bonchev–Trinajstić information content (AvgIpc) is 3.25. The highest BCUT2D eigenvalue weighted by atomic mass is 35.5. The molecule has 102 valence electrons. The monoisotopic (exact) mass is 316 g/mol. The Labute approximate surface area is 127 Å². The molecule has 1 aliphatic heterocycles. The summed E-state index contributed by atoms with van der Waals surface area (Å²) in [6.45, 7) is 1.90. The highest BCUT2D eigenvalue weighted by Crippen LogP contribution is 2.25. The van der Waals surface area contributed by atoms with Crippen molar-refractivity contribution < 1.29 is 4.90 Å². The van der Waals surface area contributed by atoms with E-state index in [1.54, 1.807) is 16.7 Å². The van der Waals surface area contributed by atoms with Crippen molar-refractivity contribution in [1.82, 2.24) is 5.32 Å². The van der Waals surface area contributed by atoms with E-state index in [2.05, 4.69) is 10.3 Å². The average molecular weight is 317 g/mol. The number of nitrogens with zero attached hydrogens (tertiary/aromatic N) is 1. The Balaban J connectivity index is 1.53. The molecule has 1 fully saturated rings. The minimum Gasteiger partial charge on any atom is -0.318 e. The quantitative estimate of drug-likeness (QED) is 0.894. The second-order valence-corrected chi connectivity index (χ2v) is 6.72. The zero-order chi connectivity index (χ0) is 13.2. The van der Waals surface area contributed by atoms with Crippen molar-refractivity contribution in [2.45, 2.75) is 24.6 Å². The summed E-state index contributed by atoms with van der Waals surface area (Å²) in [5, 5.41) is 5.66. The number of aliphatic imine (C=N–C) groups is 1. The molecule has 6 heteroatoms. The van der Waals surface area contributed by atoms with Gasteiger partial charge >= 0.3 is 0 Å². The van der Waals surface area contributed by atoms with Gasteiger partial charge in [-0.2, -0.15) is 0 Å². The Bertz CT molecular complexity index is 503. The van der Waals surface area contributed by atoms with Gasteiger partial charge in [0.25, 0.3) is 0 Å². The van der Waals surface area contributed by atoms with E-state index in [1.807, 2.05) is 18.2 Å². The standard InChI is InChI=1S/C13H15Cl2N3S/c14-11-4-1-9(5-12(11)15)6-19-13-16-7-18(8-17-13)10-2-3-10/h1,4-5,10H,2-3,6-8H2,(H,16,17)/p+1. The zero-order valence-corrected chi connectivity index (χ0v) is 12.8. The normalized spacial score (nSPS) is 22.8. The molecule has 19 heavy (non-hydrogen) atoms. The Morgan fingerprint density at radius 2 is 2.16 bits per heavy atom. The number of hydrogen-bond acceptors (Lipinski definition) is 3. The van der Waals surface area contributed by atoms with Crippen LogP contribution < -0.4 is 10.2 Å². The first-order valence-corrected chi connectivity index (χ1v) is 8.16. The van der Waals surface area contributed by atoms with Gasteiger partial charge in [-0.05, 0) is 17.7 Å². The van der Waals surface area contributed by atoms with E-state index in [9.17, 15) is 0 Å². The van der Waals surface area contributed by atoms with Gasteiger partial charge in [-0.25, -0.2) is 4.99 Å². The Morgan fingerprint density at radius 3 is 2.79 bits per heavy atom. The van der Waals surface area contributed by atoms with Crippen LogP contribution in [0.25, 0.3) is 0 Å². The maximum absolute atomic E-state index is 6.01. The lowest BCUT2D eigenvalue weighted by atomic mass is 10.2. The predicted octanol–water partition coefficient (Wildman–Crippen LogP) is 2.15. The molecule has 1 saturated carbocycles. The van der Waals surface area contributed by atoms with E-state index in [0.717, 1.165) is 30.3 Å². The smallest absolute Gasteiger partial charge is 0.175 e. The molecule has 1 atom stereocenters. The third-order valence-corrected chi connectivity index (χ3v) is 5.17. The topological polar surface area (TPSA) is 28.8 Å². The number of rotatable bonds is 3. The first-order chi connectivity index (χ1) is 9.22. The number of amidine groups is 1. The van der Waals surface area contributed by atoms with Crippen LogP contribution in [0.1, 0.15) is 18.4 Å². The van der Waals surface area contributed by atoms with Crippen molar-refractivity contribution >= 4 is 40.1 Å². The molecule has 1 heterocycles. The minimum atomic E-state index is 0.604. The van der Waals surface area contributed by atoms with Gasteiger partial charge in [0.2, 0.25) is 0 Å². The Hall–Kier alpha value is -0.420. The van der Waals surface area contributed by atoms with E-state index >= 15 is 0 Å². The summed E-state index contributed by atoms with van der Waals surface area (Å²) >= 11 is 13.6. The lowest BCUT2D eigenvalue weighted by molar-refractivity contribution is -0.913. The van der Waals surface area contributed by atoms with E-state index in [1.165, 1.54) is 18.4 Å². The summed E-state index contributed by atoms with van der Waals surface area (Å²) in [6, 6.07) is 6.61. The molecule has 0 spiro atoms. The number of nitrogens with one attached hydrogen (secondary N) is 2. The summed E-state index contributed by atoms with van der Waals surface area (Å²) < 4.78 is 0. The molecule has 0 aromatic heterocycles. The summed E-state index contributed by atoms with van der Waals surface area (Å²) in [5.41, 5.74) is 1.17. The van der Waals surface area contributed by atoms with Gasteiger partial charge in [0.05, 0.1) is 16.1 Å². The van der Waals surface area contributed by atoms with E-state index < -0.39 is 0 Å². The van der Waals surface area contributed by atoms with Gasteiger partial charge in [0, 0.05) is 18.6 Å². The second kappa shape index (κ2) is 5.92. The zero-order valence-electron chi connectivity index (χ0n) is 10.5. The number of quaternary nitrogens is 1. The van der Waals surface area contributed by atoms with Crippen LogP contribution in [0.3, 0.4) is 0 Å². The fourth-order valence-corrected chi connectivity index (χ4v) is 3.25. The van der Waals surface area contributed by atoms with Crippen LogP contribution >= 0.6 is 35.0 Å². The maximum Gasteiger partial charge on any atom is 0.175 e. The highest BCUT2D eigenvalue weighted by molar-refractivity contribution is 8.13. The van der Waals surface area contributed by atoms with Crippen molar-refractivity contribution in [3.63, 3.8) is 0 Å². The van der Waals surface area contributed by atoms with Gasteiger partial charge in [-0.15, -0.1) is 0 Å². The SMILES string of the molecule is Clc1ccc(CSC2=NC[NH+](C3CC3)CN2)cc1Cl. The molecule has 2 N–H and O–H groups in total. The fourth-order valence-electron chi connectivity index (χ4n) is 2.12. The lowest BCUT2D eigenvalue weighted by Gasteiger charge is -2.23. The maximum atomic E-state index is 6.01. The second-order valence-electron chi connectivity index (χ2n) is 4.94. The highest BCUT2D eigenvalue weighted by Gasteiger charge is 2.34. The van der Waals surface area contributed by atoms with E-state index in [0.29, 0.717) is 10.0 Å². The number of benzene rings is 1. The number of hydrogen-bond donors (Lipinski definition) is 2. The fraction of sp³-hybridized carbons (Fsp3) is 0.462. The summed E-state index contributed by atoms with van der Waals surface area (Å²) in [5.74, 6) is 0.863. The van der Waals surface area contributed by atoms with Crippen LogP contribution in [0.2, 0.25) is 10.0 Å². The van der Waals surface area contributed by atoms with Crippen molar-refractivity contribution in [3.8, 4) is 0 Å². The van der Waals surface area contributed by atoms with Crippen LogP contribution in [0.15, 0.2) is 23.2 Å². The van der Waals surface area contributed by atoms with Gasteiger partial charge in [0.15, 0.2) is 18.5 Å². The molecule has 3 rings (SSSR count). The van der Waals surface area contributed by atoms with Crippen molar-refractivity contribution in [2.24, 2.45) is 4.99 Å². The van der Waals surface area contributed by atoms with Gasteiger partial charge < -0.3 is 5.32 Å². The predicted molar refractivity (Wildman–Crippen MR) is 82.0 cm³/mol. The van der Waals surface area contributed by atoms with E-state index in [4.69, 9.17) is 23.2 Å². The minimum absolute atomic E-state index is 0.604. The van der Waals surface area contributed by atoms with Crippen molar-refractivity contribution in [2.75, 3.05) is 13.3 Å². The summed E-state index contributed by atoms with van der Waals surface area (Å²) in [7, 11) is 0. The third-order valence-electron chi connectivity index (χ3n) is 3.41. The molecule has 0 saturated heterocycles.